The van der Waals surface area contributed by atoms with Crippen molar-refractivity contribution in [2.45, 2.75) is 26.1 Å². The smallest absolute Gasteiger partial charge is 0.173 e. The highest BCUT2D eigenvalue weighted by atomic mass is 32.1. The molecule has 1 aliphatic heterocycles. The van der Waals surface area contributed by atoms with Crippen LogP contribution in [0.1, 0.15) is 13.8 Å². The molecule has 0 radical (unpaired) electrons. The number of halogens is 1. The fraction of sp³-hybridized carbons (Fsp3) is 0.462. The number of anilines is 1. The van der Waals surface area contributed by atoms with Crippen molar-refractivity contribution >= 4 is 23.0 Å². The first-order valence-electron chi connectivity index (χ1n) is 6.02. The second-order valence-corrected chi connectivity index (χ2v) is 4.96. The van der Waals surface area contributed by atoms with Crippen molar-refractivity contribution < 1.29 is 9.13 Å². The Bertz CT molecular complexity index is 431. The van der Waals surface area contributed by atoms with Gasteiger partial charge in [0, 0.05) is 13.1 Å². The molecule has 0 spiro atoms. The van der Waals surface area contributed by atoms with Crippen molar-refractivity contribution in [1.29, 1.82) is 0 Å². The lowest BCUT2D eigenvalue weighted by Gasteiger charge is -2.36. The molecule has 1 heterocycles. The first-order chi connectivity index (χ1) is 8.56. The Labute approximate surface area is 112 Å². The molecule has 0 aromatic heterocycles. The van der Waals surface area contributed by atoms with E-state index in [2.05, 4.69) is 5.32 Å². The van der Waals surface area contributed by atoms with Gasteiger partial charge in [-0.1, -0.05) is 12.1 Å². The number of ether oxygens (including phenoxy) is 1. The molecule has 2 rings (SSSR count). The zero-order valence-electron chi connectivity index (χ0n) is 10.5. The van der Waals surface area contributed by atoms with Crippen molar-refractivity contribution in [2.24, 2.45) is 0 Å². The van der Waals surface area contributed by atoms with Crippen LogP contribution in [0.4, 0.5) is 10.1 Å². The molecule has 0 amide bonds. The quantitative estimate of drug-likeness (QED) is 0.791. The van der Waals surface area contributed by atoms with E-state index in [0.717, 1.165) is 13.1 Å². The summed E-state index contributed by atoms with van der Waals surface area (Å²) < 4.78 is 19.1. The monoisotopic (exact) mass is 268 g/mol. The number of thiocarbonyl (C=S) groups is 1. The maximum absolute atomic E-state index is 13.5. The minimum absolute atomic E-state index is 0.133. The van der Waals surface area contributed by atoms with Crippen LogP contribution in [-0.4, -0.2) is 35.3 Å². The SMILES string of the molecule is C[C@@H]1CN(C(=S)Nc2ccccc2F)C[C@H](C)O1. The zero-order chi connectivity index (χ0) is 13.1. The van der Waals surface area contributed by atoms with E-state index in [1.165, 1.54) is 6.07 Å². The minimum atomic E-state index is -0.297. The lowest BCUT2D eigenvalue weighted by atomic mass is 10.2. The van der Waals surface area contributed by atoms with Crippen LogP contribution in [0.5, 0.6) is 0 Å². The van der Waals surface area contributed by atoms with Crippen molar-refractivity contribution in [3.8, 4) is 0 Å². The Balaban J connectivity index is 2.02. The molecule has 3 nitrogen and oxygen atoms in total. The van der Waals surface area contributed by atoms with Gasteiger partial charge in [0.25, 0.3) is 0 Å². The number of para-hydroxylation sites is 1. The topological polar surface area (TPSA) is 24.5 Å². The van der Waals surface area contributed by atoms with Crippen molar-refractivity contribution in [3.63, 3.8) is 0 Å². The van der Waals surface area contributed by atoms with E-state index in [-0.39, 0.29) is 18.0 Å². The summed E-state index contributed by atoms with van der Waals surface area (Å²) in [5, 5.41) is 3.49. The third-order valence-electron chi connectivity index (χ3n) is 2.82. The molecule has 1 aromatic rings. The van der Waals surface area contributed by atoms with Gasteiger partial charge in [-0.3, -0.25) is 0 Å². The molecule has 0 bridgehead atoms. The number of nitrogens with zero attached hydrogens (tertiary/aromatic N) is 1. The number of nitrogens with one attached hydrogen (secondary N) is 1. The third kappa shape index (κ3) is 3.17. The molecule has 0 unspecified atom stereocenters. The van der Waals surface area contributed by atoms with Gasteiger partial charge in [0.1, 0.15) is 5.82 Å². The normalized spacial score (nSPS) is 23.8. The number of morpholine rings is 1. The van der Waals surface area contributed by atoms with Gasteiger partial charge in [-0.2, -0.15) is 0 Å². The van der Waals surface area contributed by atoms with Gasteiger partial charge in [0.05, 0.1) is 17.9 Å². The second-order valence-electron chi connectivity index (χ2n) is 4.57. The van der Waals surface area contributed by atoms with Gasteiger partial charge in [0.15, 0.2) is 5.11 Å². The van der Waals surface area contributed by atoms with Gasteiger partial charge >= 0.3 is 0 Å². The van der Waals surface area contributed by atoms with Gasteiger partial charge in [-0.05, 0) is 38.2 Å². The number of benzene rings is 1. The molecule has 98 valence electrons. The van der Waals surface area contributed by atoms with Crippen LogP contribution in [0.3, 0.4) is 0 Å². The van der Waals surface area contributed by atoms with Crippen LogP contribution in [0.15, 0.2) is 24.3 Å². The summed E-state index contributed by atoms with van der Waals surface area (Å²) in [6.07, 6.45) is 0.267. The second kappa shape index (κ2) is 5.63. The molecule has 1 N–H and O–H groups in total. The van der Waals surface area contributed by atoms with E-state index < -0.39 is 0 Å². The van der Waals surface area contributed by atoms with E-state index in [1.807, 2.05) is 18.7 Å². The summed E-state index contributed by atoms with van der Waals surface area (Å²) in [5.74, 6) is -0.297. The van der Waals surface area contributed by atoms with Crippen molar-refractivity contribution in [3.05, 3.63) is 30.1 Å². The van der Waals surface area contributed by atoms with Crippen molar-refractivity contribution in [2.75, 3.05) is 18.4 Å². The highest BCUT2D eigenvalue weighted by Crippen LogP contribution is 2.16. The Morgan fingerprint density at radius 3 is 2.56 bits per heavy atom. The van der Waals surface area contributed by atoms with Gasteiger partial charge in [0.2, 0.25) is 0 Å². The largest absolute Gasteiger partial charge is 0.372 e. The molecule has 1 saturated heterocycles. The average molecular weight is 268 g/mol. The molecule has 5 heteroatoms. The standard InChI is InChI=1S/C13H17FN2OS/c1-9-7-16(8-10(2)17-9)13(18)15-12-6-4-3-5-11(12)14/h3-6,9-10H,7-8H2,1-2H3,(H,15,18)/t9-,10+. The lowest BCUT2D eigenvalue weighted by Crippen LogP contribution is -2.49. The fourth-order valence-electron chi connectivity index (χ4n) is 2.10. The zero-order valence-corrected chi connectivity index (χ0v) is 11.3. The van der Waals surface area contributed by atoms with Crippen LogP contribution >= 0.6 is 12.2 Å². The van der Waals surface area contributed by atoms with E-state index in [9.17, 15) is 4.39 Å². The molecule has 0 saturated carbocycles. The molecule has 18 heavy (non-hydrogen) atoms. The van der Waals surface area contributed by atoms with Gasteiger partial charge in [-0.25, -0.2) is 4.39 Å². The molecule has 1 fully saturated rings. The first kappa shape index (κ1) is 13.2. The molecule has 1 aliphatic rings. The van der Waals surface area contributed by atoms with Crippen LogP contribution in [0.25, 0.3) is 0 Å². The maximum atomic E-state index is 13.5. The lowest BCUT2D eigenvalue weighted by molar-refractivity contribution is -0.0473. The van der Waals surface area contributed by atoms with Crippen molar-refractivity contribution in [1.82, 2.24) is 4.90 Å². The third-order valence-corrected chi connectivity index (χ3v) is 3.18. The Morgan fingerprint density at radius 1 is 1.33 bits per heavy atom. The number of hydrogen-bond acceptors (Lipinski definition) is 2. The number of hydrogen-bond donors (Lipinski definition) is 1. The summed E-state index contributed by atoms with van der Waals surface area (Å²) >= 11 is 5.31. The highest BCUT2D eigenvalue weighted by molar-refractivity contribution is 7.80. The molecule has 1 aromatic carbocycles. The summed E-state index contributed by atoms with van der Waals surface area (Å²) in [6, 6.07) is 6.52. The molecular weight excluding hydrogens is 251 g/mol. The van der Waals surface area contributed by atoms with Crippen LogP contribution in [0, 0.1) is 5.82 Å². The number of rotatable bonds is 1. The van der Waals surface area contributed by atoms with E-state index >= 15 is 0 Å². The fourth-order valence-corrected chi connectivity index (χ4v) is 2.36. The summed E-state index contributed by atoms with van der Waals surface area (Å²) in [5.41, 5.74) is 0.411. The minimum Gasteiger partial charge on any atom is -0.372 e. The molecule has 0 aliphatic carbocycles. The van der Waals surface area contributed by atoms with Crippen LogP contribution in [-0.2, 0) is 4.74 Å². The summed E-state index contributed by atoms with van der Waals surface area (Å²) in [6.45, 7) is 5.47. The predicted octanol–water partition coefficient (Wildman–Crippen LogP) is 2.63. The van der Waals surface area contributed by atoms with E-state index in [1.54, 1.807) is 18.2 Å². The molecular formula is C13H17FN2OS. The van der Waals surface area contributed by atoms with Gasteiger partial charge in [-0.15, -0.1) is 0 Å². The molecule has 2 atom stereocenters. The maximum Gasteiger partial charge on any atom is 0.173 e. The Hall–Kier alpha value is -1.20. The van der Waals surface area contributed by atoms with Crippen LogP contribution < -0.4 is 5.32 Å². The summed E-state index contributed by atoms with van der Waals surface area (Å²) in [7, 11) is 0. The predicted molar refractivity (Wildman–Crippen MR) is 74.2 cm³/mol. The highest BCUT2D eigenvalue weighted by Gasteiger charge is 2.24. The van der Waals surface area contributed by atoms with Gasteiger partial charge < -0.3 is 15.0 Å². The first-order valence-corrected chi connectivity index (χ1v) is 6.43. The average Bonchev–Trinajstić information content (AvgIpc) is 2.31. The Kier molecular flexibility index (Phi) is 4.14. The van der Waals surface area contributed by atoms with E-state index in [0.29, 0.717) is 10.8 Å². The van der Waals surface area contributed by atoms with E-state index in [4.69, 9.17) is 17.0 Å². The summed E-state index contributed by atoms with van der Waals surface area (Å²) in [4.78, 5) is 2.01. The van der Waals surface area contributed by atoms with Crippen LogP contribution in [0.2, 0.25) is 0 Å². The Morgan fingerprint density at radius 2 is 1.94 bits per heavy atom.